The lowest BCUT2D eigenvalue weighted by Crippen LogP contribution is -2.40. The zero-order chi connectivity index (χ0) is 21.1. The van der Waals surface area contributed by atoms with Crippen LogP contribution >= 0.6 is 0 Å². The van der Waals surface area contributed by atoms with E-state index in [1.807, 2.05) is 44.2 Å². The maximum atomic E-state index is 13.1. The summed E-state index contributed by atoms with van der Waals surface area (Å²) in [5.74, 6) is -0.151. The number of hydrogen-bond donors (Lipinski definition) is 1. The van der Waals surface area contributed by atoms with Crippen molar-refractivity contribution in [3.63, 3.8) is 0 Å². The van der Waals surface area contributed by atoms with Crippen molar-refractivity contribution in [2.24, 2.45) is 0 Å². The molecule has 1 saturated carbocycles. The molecule has 2 aromatic heterocycles. The van der Waals surface area contributed by atoms with Gasteiger partial charge >= 0.3 is 0 Å². The molecule has 2 heterocycles. The van der Waals surface area contributed by atoms with Crippen LogP contribution in [-0.2, 0) is 11.3 Å². The van der Waals surface area contributed by atoms with Crippen molar-refractivity contribution in [2.45, 2.75) is 71.4 Å². The Bertz CT molecular complexity index is 1090. The third-order valence-electron chi connectivity index (χ3n) is 5.94. The van der Waals surface area contributed by atoms with E-state index in [0.717, 1.165) is 37.1 Å². The fourth-order valence-electron chi connectivity index (χ4n) is 4.35. The van der Waals surface area contributed by atoms with Gasteiger partial charge in [0.2, 0.25) is 5.91 Å². The van der Waals surface area contributed by atoms with Crippen LogP contribution < -0.4 is 10.9 Å². The Balaban J connectivity index is 1.60. The number of rotatable bonds is 4. The minimum atomic E-state index is -0.275. The summed E-state index contributed by atoms with van der Waals surface area (Å²) in [5.41, 5.74) is 2.58. The molecule has 4 rings (SSSR count). The number of nitrogens with one attached hydrogen (secondary N) is 1. The molecule has 1 fully saturated rings. The van der Waals surface area contributed by atoms with Crippen molar-refractivity contribution in [1.82, 2.24) is 24.9 Å². The molecule has 158 valence electrons. The number of carbonyl (C=O) groups is 1. The Morgan fingerprint density at radius 3 is 2.40 bits per heavy atom. The lowest BCUT2D eigenvalue weighted by Gasteiger charge is -2.21. The number of amides is 1. The molecule has 1 N–H and O–H groups in total. The van der Waals surface area contributed by atoms with Crippen LogP contribution in [0, 0.1) is 13.8 Å². The fourth-order valence-corrected chi connectivity index (χ4v) is 4.35. The molecule has 7 nitrogen and oxygen atoms in total. The average molecular weight is 408 g/mol. The largest absolute Gasteiger partial charge is 0.352 e. The highest BCUT2D eigenvalue weighted by molar-refractivity contribution is 5.83. The van der Waals surface area contributed by atoms with Crippen LogP contribution in [0.5, 0.6) is 0 Å². The second-order valence-electron chi connectivity index (χ2n) is 8.21. The zero-order valence-electron chi connectivity index (χ0n) is 17.7. The highest BCUT2D eigenvalue weighted by Crippen LogP contribution is 2.20. The molecule has 3 aromatic rings. The van der Waals surface area contributed by atoms with Crippen LogP contribution in [0.2, 0.25) is 0 Å². The smallest absolute Gasteiger partial charge is 0.278 e. The van der Waals surface area contributed by atoms with Gasteiger partial charge in [0.15, 0.2) is 0 Å². The molecular weight excluding hydrogens is 378 g/mol. The Morgan fingerprint density at radius 1 is 1.03 bits per heavy atom. The monoisotopic (exact) mass is 407 g/mol. The third-order valence-corrected chi connectivity index (χ3v) is 5.94. The average Bonchev–Trinajstić information content (AvgIpc) is 3.06. The maximum Gasteiger partial charge on any atom is 0.278 e. The van der Waals surface area contributed by atoms with E-state index in [-0.39, 0.29) is 24.1 Å². The third kappa shape index (κ3) is 4.15. The van der Waals surface area contributed by atoms with Gasteiger partial charge in [-0.2, -0.15) is 10.2 Å². The van der Waals surface area contributed by atoms with Crippen LogP contribution in [0.1, 0.15) is 56.3 Å². The first-order valence-corrected chi connectivity index (χ1v) is 10.9. The highest BCUT2D eigenvalue weighted by Gasteiger charge is 2.20. The van der Waals surface area contributed by atoms with E-state index in [1.54, 1.807) is 4.68 Å². The molecular formula is C23H29N5O2. The maximum absolute atomic E-state index is 13.1. The second kappa shape index (κ2) is 8.81. The lowest BCUT2D eigenvalue weighted by atomic mass is 9.97. The number of aryl methyl sites for hydroxylation is 2. The van der Waals surface area contributed by atoms with Gasteiger partial charge < -0.3 is 5.32 Å². The highest BCUT2D eigenvalue weighted by atomic mass is 16.2. The van der Waals surface area contributed by atoms with Gasteiger partial charge in [-0.1, -0.05) is 50.3 Å². The van der Waals surface area contributed by atoms with Gasteiger partial charge in [0.25, 0.3) is 5.56 Å². The summed E-state index contributed by atoms with van der Waals surface area (Å²) in [7, 11) is 0. The minimum Gasteiger partial charge on any atom is -0.352 e. The Labute approximate surface area is 176 Å². The SMILES string of the molecule is Cc1nn(CC(=O)NC2CCCCCCC2)c(=O)c2c(C)n(-c3ccccc3)nc12. The summed E-state index contributed by atoms with van der Waals surface area (Å²) >= 11 is 0. The number of para-hydroxylation sites is 1. The molecule has 1 aliphatic carbocycles. The summed E-state index contributed by atoms with van der Waals surface area (Å²) in [4.78, 5) is 25.8. The van der Waals surface area contributed by atoms with Gasteiger partial charge in [-0.15, -0.1) is 0 Å². The van der Waals surface area contributed by atoms with Crippen LogP contribution in [0.4, 0.5) is 0 Å². The molecule has 0 spiro atoms. The topological polar surface area (TPSA) is 81.8 Å². The van der Waals surface area contributed by atoms with Gasteiger partial charge in [-0.3, -0.25) is 9.59 Å². The predicted octanol–water partition coefficient (Wildman–Crippen LogP) is 3.43. The van der Waals surface area contributed by atoms with Crippen molar-refractivity contribution in [3.8, 4) is 5.69 Å². The molecule has 30 heavy (non-hydrogen) atoms. The predicted molar refractivity (Wildman–Crippen MR) is 117 cm³/mol. The Morgan fingerprint density at radius 2 is 1.70 bits per heavy atom. The summed E-state index contributed by atoms with van der Waals surface area (Å²) in [6.45, 7) is 3.64. The van der Waals surface area contributed by atoms with Gasteiger partial charge in [-0.05, 0) is 38.8 Å². The summed E-state index contributed by atoms with van der Waals surface area (Å²) in [6.07, 6.45) is 8.06. The Hall–Kier alpha value is -2.96. The van der Waals surface area contributed by atoms with Crippen LogP contribution in [0.15, 0.2) is 35.1 Å². The number of fused-ring (bicyclic) bond motifs is 1. The number of carbonyl (C=O) groups excluding carboxylic acids is 1. The molecule has 1 aliphatic rings. The van der Waals surface area contributed by atoms with Crippen molar-refractivity contribution >= 4 is 16.8 Å². The molecule has 0 radical (unpaired) electrons. The van der Waals surface area contributed by atoms with E-state index in [0.29, 0.717) is 16.6 Å². The van der Waals surface area contributed by atoms with Crippen molar-refractivity contribution in [3.05, 3.63) is 52.1 Å². The minimum absolute atomic E-state index is 0.0674. The summed E-state index contributed by atoms with van der Waals surface area (Å²) in [5, 5.41) is 12.6. The molecule has 7 heteroatoms. The normalized spacial score (nSPS) is 15.7. The number of hydrogen-bond acceptors (Lipinski definition) is 4. The lowest BCUT2D eigenvalue weighted by molar-refractivity contribution is -0.122. The standard InChI is InChI=1S/C23H29N5O2/c1-16-22-21(17(2)28(26-22)19-13-9-6-10-14-19)23(30)27(25-16)15-20(29)24-18-11-7-4-3-5-8-12-18/h6,9-10,13-14,18H,3-5,7-8,11-12,15H2,1-2H3,(H,24,29). The first kappa shape index (κ1) is 20.3. The van der Waals surface area contributed by atoms with E-state index in [4.69, 9.17) is 0 Å². The van der Waals surface area contributed by atoms with Crippen LogP contribution in [-0.4, -0.2) is 31.5 Å². The number of aromatic nitrogens is 4. The second-order valence-corrected chi connectivity index (χ2v) is 8.21. The number of benzene rings is 1. The van der Waals surface area contributed by atoms with E-state index >= 15 is 0 Å². The van der Waals surface area contributed by atoms with E-state index in [2.05, 4.69) is 15.5 Å². The van der Waals surface area contributed by atoms with Crippen molar-refractivity contribution in [2.75, 3.05) is 0 Å². The van der Waals surface area contributed by atoms with Crippen LogP contribution in [0.3, 0.4) is 0 Å². The zero-order valence-corrected chi connectivity index (χ0v) is 17.7. The Kier molecular flexibility index (Phi) is 5.97. The van der Waals surface area contributed by atoms with Crippen LogP contribution in [0.25, 0.3) is 16.6 Å². The van der Waals surface area contributed by atoms with Gasteiger partial charge in [0.1, 0.15) is 12.1 Å². The van der Waals surface area contributed by atoms with Crippen molar-refractivity contribution < 1.29 is 4.79 Å². The molecule has 0 atom stereocenters. The van der Waals surface area contributed by atoms with E-state index < -0.39 is 0 Å². The molecule has 0 aliphatic heterocycles. The quantitative estimate of drug-likeness (QED) is 0.718. The first-order valence-electron chi connectivity index (χ1n) is 10.9. The summed E-state index contributed by atoms with van der Waals surface area (Å²) < 4.78 is 3.04. The van der Waals surface area contributed by atoms with E-state index in [9.17, 15) is 9.59 Å². The molecule has 0 bridgehead atoms. The molecule has 0 unspecified atom stereocenters. The van der Waals surface area contributed by atoms with E-state index in [1.165, 1.54) is 23.9 Å². The molecule has 1 aromatic carbocycles. The molecule has 1 amide bonds. The van der Waals surface area contributed by atoms with Crippen molar-refractivity contribution in [1.29, 1.82) is 0 Å². The van der Waals surface area contributed by atoms with Gasteiger partial charge in [-0.25, -0.2) is 9.36 Å². The number of nitrogens with zero attached hydrogens (tertiary/aromatic N) is 4. The van der Waals surface area contributed by atoms with Gasteiger partial charge in [0, 0.05) is 6.04 Å². The van der Waals surface area contributed by atoms with Gasteiger partial charge in [0.05, 0.1) is 22.5 Å². The molecule has 0 saturated heterocycles. The first-order chi connectivity index (χ1) is 14.5. The summed E-state index contributed by atoms with van der Waals surface area (Å²) in [6, 6.07) is 9.90. The fraction of sp³-hybridized carbons (Fsp3) is 0.478.